The maximum Gasteiger partial charge on any atom is 0.323 e. The number of aromatic nitrogens is 2. The molecule has 1 aliphatic heterocycles. The van der Waals surface area contributed by atoms with Crippen LogP contribution >= 0.6 is 11.6 Å². The minimum Gasteiger partial charge on any atom is -0.457 e. The van der Waals surface area contributed by atoms with Crippen molar-refractivity contribution in [3.05, 3.63) is 90.3 Å². The highest BCUT2D eigenvalue weighted by atomic mass is 35.5. The second-order valence-corrected chi connectivity index (χ2v) is 7.46. The van der Waals surface area contributed by atoms with Crippen LogP contribution in [0.5, 0.6) is 0 Å². The van der Waals surface area contributed by atoms with Crippen LogP contribution in [-0.4, -0.2) is 32.2 Å². The van der Waals surface area contributed by atoms with E-state index >= 15 is 0 Å². The van der Waals surface area contributed by atoms with E-state index < -0.39 is 16.4 Å². The second-order valence-electron chi connectivity index (χ2n) is 6.68. The lowest BCUT2D eigenvalue weighted by Crippen LogP contribution is -2.51. The molecule has 2 heterocycles. The summed E-state index contributed by atoms with van der Waals surface area (Å²) in [6, 6.07) is 21.1. The zero-order valence-electron chi connectivity index (χ0n) is 14.9. The van der Waals surface area contributed by atoms with Gasteiger partial charge in [0.25, 0.3) is 0 Å². The molecule has 0 spiro atoms. The summed E-state index contributed by atoms with van der Waals surface area (Å²) in [7, 11) is 0. The van der Waals surface area contributed by atoms with Crippen molar-refractivity contribution in [1.82, 2.24) is 9.78 Å². The Morgan fingerprint density at radius 2 is 1.59 bits per heavy atom. The van der Waals surface area contributed by atoms with Gasteiger partial charge in [-0.1, -0.05) is 60.7 Å². The fraction of sp³-hybridized carbons (Fsp3) is 0.238. The van der Waals surface area contributed by atoms with Gasteiger partial charge in [-0.15, -0.1) is 11.6 Å². The molecule has 0 aliphatic carbocycles. The number of rotatable bonds is 4. The highest BCUT2D eigenvalue weighted by Crippen LogP contribution is 2.53. The molecule has 0 saturated carbocycles. The van der Waals surface area contributed by atoms with Crippen molar-refractivity contribution in [2.75, 3.05) is 0 Å². The van der Waals surface area contributed by atoms with Gasteiger partial charge in [-0.05, 0) is 24.1 Å². The maximum atomic E-state index is 13.3. The smallest absolute Gasteiger partial charge is 0.323 e. The van der Waals surface area contributed by atoms with E-state index in [4.69, 9.17) is 16.3 Å². The van der Waals surface area contributed by atoms with Gasteiger partial charge < -0.3 is 10.2 Å². The van der Waals surface area contributed by atoms with E-state index in [1.807, 2.05) is 79.9 Å². The molecule has 27 heavy (non-hydrogen) atoms. The lowest BCUT2D eigenvalue weighted by atomic mass is 9.65. The molecule has 1 fully saturated rings. The number of esters is 1. The first kappa shape index (κ1) is 19.1. The van der Waals surface area contributed by atoms with Gasteiger partial charge in [0.2, 0.25) is 0 Å². The van der Waals surface area contributed by atoms with Crippen molar-refractivity contribution in [2.45, 2.75) is 29.9 Å². The van der Waals surface area contributed by atoms with Crippen LogP contribution in [0.15, 0.2) is 79.1 Å². The lowest BCUT2D eigenvalue weighted by Gasteiger charge is -2.38. The third-order valence-electron chi connectivity index (χ3n) is 5.22. The Morgan fingerprint density at radius 1 is 1.04 bits per heavy atom. The number of halogens is 1. The molecule has 0 amide bonds. The Morgan fingerprint density at radius 3 is 2.07 bits per heavy atom. The summed E-state index contributed by atoms with van der Waals surface area (Å²) in [5, 5.41) is 4.23. The largest absolute Gasteiger partial charge is 0.457 e. The summed E-state index contributed by atoms with van der Waals surface area (Å²) in [6.07, 6.45) is 3.02. The van der Waals surface area contributed by atoms with Crippen molar-refractivity contribution < 1.29 is 15.0 Å². The molecule has 2 unspecified atom stereocenters. The summed E-state index contributed by atoms with van der Waals surface area (Å²) < 4.78 is 7.58. The van der Waals surface area contributed by atoms with E-state index in [1.165, 1.54) is 0 Å². The normalized spacial score (nSPS) is 23.5. The highest BCUT2D eigenvalue weighted by molar-refractivity contribution is 6.29. The van der Waals surface area contributed by atoms with Gasteiger partial charge in [0.05, 0.1) is 6.54 Å². The van der Waals surface area contributed by atoms with Crippen LogP contribution in [0.2, 0.25) is 0 Å². The summed E-state index contributed by atoms with van der Waals surface area (Å²) in [6.45, 7) is 2.29. The zero-order valence-corrected chi connectivity index (χ0v) is 15.6. The van der Waals surface area contributed by atoms with E-state index in [-0.39, 0.29) is 11.4 Å². The SMILES string of the molecule is CC1(Cl)C(Cn2cccn2)OC(=O)C1(c1ccccc1)c1ccccc1.O. The molecule has 2 atom stereocenters. The molecule has 0 radical (unpaired) electrons. The number of cyclic esters (lactones) is 1. The van der Waals surface area contributed by atoms with E-state index in [0.717, 1.165) is 11.1 Å². The minimum atomic E-state index is -1.09. The number of nitrogens with zero attached hydrogens (tertiary/aromatic N) is 2. The Bertz CT molecular complexity index is 856. The number of hydrogen-bond acceptors (Lipinski definition) is 3. The number of benzene rings is 2. The van der Waals surface area contributed by atoms with E-state index in [1.54, 1.807) is 10.9 Å². The predicted octanol–water partition coefficient (Wildman–Crippen LogP) is 2.97. The highest BCUT2D eigenvalue weighted by Gasteiger charge is 2.66. The number of hydrogen-bond donors (Lipinski definition) is 0. The summed E-state index contributed by atoms with van der Waals surface area (Å²) >= 11 is 7.15. The average molecular weight is 385 g/mol. The lowest BCUT2D eigenvalue weighted by molar-refractivity contribution is -0.145. The van der Waals surface area contributed by atoms with Crippen LogP contribution < -0.4 is 0 Å². The molecule has 1 saturated heterocycles. The summed E-state index contributed by atoms with van der Waals surface area (Å²) in [5.74, 6) is -0.329. The average Bonchev–Trinajstić information content (AvgIpc) is 3.22. The quantitative estimate of drug-likeness (QED) is 0.512. The number of alkyl halides is 1. The number of carbonyl (C=O) groups is 1. The number of carbonyl (C=O) groups excluding carboxylic acids is 1. The molecule has 3 aromatic rings. The third kappa shape index (κ3) is 2.83. The molecule has 4 rings (SSSR count). The van der Waals surface area contributed by atoms with Crippen LogP contribution in [0.4, 0.5) is 0 Å². The van der Waals surface area contributed by atoms with Crippen LogP contribution in [0.1, 0.15) is 18.1 Å². The predicted molar refractivity (Wildman–Crippen MR) is 104 cm³/mol. The Labute approximate surface area is 162 Å². The molecular weight excluding hydrogens is 364 g/mol. The van der Waals surface area contributed by atoms with E-state index in [9.17, 15) is 4.79 Å². The van der Waals surface area contributed by atoms with Gasteiger partial charge in [0.1, 0.15) is 16.4 Å². The number of ether oxygens (including phenoxy) is 1. The molecule has 2 aromatic carbocycles. The molecule has 1 aromatic heterocycles. The third-order valence-corrected chi connectivity index (χ3v) is 5.75. The van der Waals surface area contributed by atoms with Gasteiger partial charge in [0, 0.05) is 12.4 Å². The fourth-order valence-electron chi connectivity index (χ4n) is 3.90. The Kier molecular flexibility index (Phi) is 5.09. The molecule has 2 N–H and O–H groups in total. The van der Waals surface area contributed by atoms with Gasteiger partial charge in [0.15, 0.2) is 0 Å². The molecule has 5 nitrogen and oxygen atoms in total. The molecule has 1 aliphatic rings. The van der Waals surface area contributed by atoms with Gasteiger partial charge in [-0.2, -0.15) is 5.10 Å². The summed E-state index contributed by atoms with van der Waals surface area (Å²) in [5.41, 5.74) is 0.572. The van der Waals surface area contributed by atoms with E-state index in [0.29, 0.717) is 6.54 Å². The van der Waals surface area contributed by atoms with Crippen LogP contribution in [0.3, 0.4) is 0 Å². The minimum absolute atomic E-state index is 0. The molecular formula is C21H21ClN2O3. The molecule has 0 bridgehead atoms. The fourth-order valence-corrected chi connectivity index (χ4v) is 4.31. The van der Waals surface area contributed by atoms with Gasteiger partial charge in [-0.3, -0.25) is 9.48 Å². The first-order valence-corrected chi connectivity index (χ1v) is 8.93. The van der Waals surface area contributed by atoms with Crippen molar-refractivity contribution in [3.8, 4) is 0 Å². The van der Waals surface area contributed by atoms with E-state index in [2.05, 4.69) is 5.10 Å². The van der Waals surface area contributed by atoms with Gasteiger partial charge in [-0.25, -0.2) is 0 Å². The van der Waals surface area contributed by atoms with Crippen LogP contribution in [-0.2, 0) is 21.5 Å². The van der Waals surface area contributed by atoms with Crippen molar-refractivity contribution in [3.63, 3.8) is 0 Å². The maximum absolute atomic E-state index is 13.3. The first-order chi connectivity index (χ1) is 12.6. The van der Waals surface area contributed by atoms with Crippen molar-refractivity contribution >= 4 is 17.6 Å². The van der Waals surface area contributed by atoms with Crippen LogP contribution in [0, 0.1) is 0 Å². The van der Waals surface area contributed by atoms with Crippen molar-refractivity contribution in [1.29, 1.82) is 0 Å². The standard InChI is InChI=1S/C21H19ClN2O2.H2O/c1-20(22)18(15-24-14-8-13-23-24)26-19(25)21(20,16-9-4-2-5-10-16)17-11-6-3-7-12-17;/h2-14,18H,15H2,1H3;1H2. The zero-order chi connectivity index (χ0) is 18.2. The second kappa shape index (κ2) is 7.18. The topological polar surface area (TPSA) is 75.6 Å². The Hall–Kier alpha value is -2.63. The molecule has 6 heteroatoms. The Balaban J connectivity index is 0.00000210. The van der Waals surface area contributed by atoms with Crippen molar-refractivity contribution in [2.24, 2.45) is 0 Å². The first-order valence-electron chi connectivity index (χ1n) is 8.55. The molecule has 140 valence electrons. The van der Waals surface area contributed by atoms with Crippen LogP contribution in [0.25, 0.3) is 0 Å². The van der Waals surface area contributed by atoms with Gasteiger partial charge >= 0.3 is 5.97 Å². The monoisotopic (exact) mass is 384 g/mol. The summed E-state index contributed by atoms with van der Waals surface area (Å²) in [4.78, 5) is 12.3.